The molecule has 7 nitrogen and oxygen atoms in total. The van der Waals surface area contributed by atoms with Crippen molar-refractivity contribution in [2.45, 2.75) is 51.2 Å². The summed E-state index contributed by atoms with van der Waals surface area (Å²) in [7, 11) is 0. The number of hydrogen-bond donors (Lipinski definition) is 0. The van der Waals surface area contributed by atoms with Crippen molar-refractivity contribution in [3.8, 4) is 0 Å². The predicted octanol–water partition coefficient (Wildman–Crippen LogP) is 1.71. The molecule has 0 spiro atoms. The molecule has 0 radical (unpaired) electrons. The lowest BCUT2D eigenvalue weighted by Crippen LogP contribution is -2.56. The van der Waals surface area contributed by atoms with Crippen molar-refractivity contribution in [3.05, 3.63) is 35.9 Å². The molecule has 24 heavy (non-hydrogen) atoms. The van der Waals surface area contributed by atoms with E-state index in [2.05, 4.69) is 0 Å². The van der Waals surface area contributed by atoms with E-state index in [4.69, 9.17) is 23.7 Å². The van der Waals surface area contributed by atoms with E-state index in [9.17, 15) is 9.59 Å². The van der Waals surface area contributed by atoms with Crippen LogP contribution in [-0.4, -0.2) is 43.1 Å². The lowest BCUT2D eigenvalue weighted by molar-refractivity contribution is -0.333. The number of carbonyl (C=O) groups is 2. The second-order valence-corrected chi connectivity index (χ2v) is 5.77. The van der Waals surface area contributed by atoms with Gasteiger partial charge in [0.25, 0.3) is 0 Å². The maximum atomic E-state index is 11.4. The van der Waals surface area contributed by atoms with Gasteiger partial charge in [0.2, 0.25) is 6.29 Å². The second kappa shape index (κ2) is 7.29. The lowest BCUT2D eigenvalue weighted by atomic mass is 10.00. The minimum atomic E-state index is -0.784. The van der Waals surface area contributed by atoms with Crippen LogP contribution < -0.4 is 0 Å². The fourth-order valence-electron chi connectivity index (χ4n) is 2.94. The Hall–Kier alpha value is -1.96. The number of rotatable bonds is 3. The normalized spacial score (nSPS) is 32.5. The Balaban J connectivity index is 1.74. The van der Waals surface area contributed by atoms with Crippen LogP contribution in [0.15, 0.2) is 30.3 Å². The van der Waals surface area contributed by atoms with E-state index in [0.717, 1.165) is 5.56 Å². The molecule has 2 fully saturated rings. The van der Waals surface area contributed by atoms with Crippen LogP contribution in [0.25, 0.3) is 0 Å². The summed E-state index contributed by atoms with van der Waals surface area (Å²) in [5.41, 5.74) is 0.875. The summed E-state index contributed by atoms with van der Waals surface area (Å²) >= 11 is 0. The fraction of sp³-hybridized carbons (Fsp3) is 0.529. The monoisotopic (exact) mass is 336 g/mol. The summed E-state index contributed by atoms with van der Waals surface area (Å²) < 4.78 is 27.9. The summed E-state index contributed by atoms with van der Waals surface area (Å²) in [5.74, 6) is -0.881. The van der Waals surface area contributed by atoms with Crippen LogP contribution in [0, 0.1) is 0 Å². The van der Waals surface area contributed by atoms with Crippen LogP contribution in [0.5, 0.6) is 0 Å². The van der Waals surface area contributed by atoms with Crippen LogP contribution in [0.1, 0.15) is 32.1 Å². The Morgan fingerprint density at radius 3 is 2.42 bits per heavy atom. The average molecular weight is 336 g/mol. The molecule has 1 aromatic rings. The van der Waals surface area contributed by atoms with Gasteiger partial charge in [0, 0.05) is 19.4 Å². The maximum absolute atomic E-state index is 11.4. The number of benzene rings is 1. The molecule has 5 atom stereocenters. The van der Waals surface area contributed by atoms with Crippen molar-refractivity contribution in [3.63, 3.8) is 0 Å². The Morgan fingerprint density at radius 2 is 1.75 bits per heavy atom. The van der Waals surface area contributed by atoms with Gasteiger partial charge in [-0.15, -0.1) is 0 Å². The highest BCUT2D eigenvalue weighted by atomic mass is 16.8. The molecule has 0 aliphatic carbocycles. The molecule has 0 N–H and O–H groups in total. The first kappa shape index (κ1) is 16.9. The molecule has 2 saturated heterocycles. The molecule has 130 valence electrons. The zero-order valence-corrected chi connectivity index (χ0v) is 13.5. The van der Waals surface area contributed by atoms with Crippen LogP contribution in [0.2, 0.25) is 0 Å². The van der Waals surface area contributed by atoms with Crippen LogP contribution in [0.3, 0.4) is 0 Å². The highest BCUT2D eigenvalue weighted by molar-refractivity contribution is 5.66. The SMILES string of the molecule is CC(=O)O[C@@H]1C[C@H](OC(C)=O)[C@@H]2O[C@H](c3ccccc3)OC[C@H]2O1. The summed E-state index contributed by atoms with van der Waals surface area (Å²) in [4.78, 5) is 22.6. The number of hydrogen-bond acceptors (Lipinski definition) is 7. The molecule has 0 bridgehead atoms. The van der Waals surface area contributed by atoms with Gasteiger partial charge < -0.3 is 23.7 Å². The average Bonchev–Trinajstić information content (AvgIpc) is 2.54. The third-order valence-electron chi connectivity index (χ3n) is 3.86. The van der Waals surface area contributed by atoms with Crippen LogP contribution in [-0.2, 0) is 33.3 Å². The number of ether oxygens (including phenoxy) is 5. The van der Waals surface area contributed by atoms with Gasteiger partial charge in [-0.05, 0) is 0 Å². The van der Waals surface area contributed by atoms with E-state index in [1.807, 2.05) is 30.3 Å². The number of carbonyl (C=O) groups excluding carboxylic acids is 2. The number of fused-ring (bicyclic) bond motifs is 1. The van der Waals surface area contributed by atoms with Crippen molar-refractivity contribution in [1.29, 1.82) is 0 Å². The van der Waals surface area contributed by atoms with Gasteiger partial charge in [0.1, 0.15) is 18.3 Å². The summed E-state index contributed by atoms with van der Waals surface area (Å²) in [6, 6.07) is 9.50. The van der Waals surface area contributed by atoms with Gasteiger partial charge >= 0.3 is 11.9 Å². The number of esters is 2. The third kappa shape index (κ3) is 3.92. The van der Waals surface area contributed by atoms with Gasteiger partial charge in [-0.1, -0.05) is 30.3 Å². The summed E-state index contributed by atoms with van der Waals surface area (Å²) in [6.45, 7) is 2.88. The molecule has 2 heterocycles. The van der Waals surface area contributed by atoms with E-state index >= 15 is 0 Å². The molecular formula is C17H20O7. The second-order valence-electron chi connectivity index (χ2n) is 5.77. The first-order valence-electron chi connectivity index (χ1n) is 7.85. The molecule has 0 unspecified atom stereocenters. The quantitative estimate of drug-likeness (QED) is 0.777. The van der Waals surface area contributed by atoms with Crippen molar-refractivity contribution >= 4 is 11.9 Å². The van der Waals surface area contributed by atoms with E-state index in [1.165, 1.54) is 13.8 Å². The first-order chi connectivity index (χ1) is 11.5. The van der Waals surface area contributed by atoms with Crippen molar-refractivity contribution in [2.75, 3.05) is 6.61 Å². The minimum Gasteiger partial charge on any atom is -0.459 e. The molecule has 3 rings (SSSR count). The van der Waals surface area contributed by atoms with Crippen molar-refractivity contribution in [2.24, 2.45) is 0 Å². The largest absolute Gasteiger partial charge is 0.459 e. The molecule has 0 amide bonds. The maximum Gasteiger partial charge on any atom is 0.304 e. The molecule has 2 aliphatic rings. The minimum absolute atomic E-state index is 0.224. The molecule has 0 aromatic heterocycles. The zero-order valence-electron chi connectivity index (χ0n) is 13.5. The Labute approximate surface area is 139 Å². The van der Waals surface area contributed by atoms with Gasteiger partial charge in [0.05, 0.1) is 13.0 Å². The topological polar surface area (TPSA) is 80.3 Å². The first-order valence-corrected chi connectivity index (χ1v) is 7.85. The highest BCUT2D eigenvalue weighted by Gasteiger charge is 2.47. The molecule has 0 saturated carbocycles. The van der Waals surface area contributed by atoms with Gasteiger partial charge in [0.15, 0.2) is 6.29 Å². The molecule has 7 heteroatoms. The standard InChI is InChI=1S/C17H20O7/c1-10(18)21-13-8-15(22-11(2)19)23-14-9-20-17(24-16(13)14)12-6-4-3-5-7-12/h3-7,13-17H,8-9H2,1-2H3/t13-,14+,15-,16-,17+/m0/s1. The Morgan fingerprint density at radius 1 is 1.04 bits per heavy atom. The van der Waals surface area contributed by atoms with Crippen molar-refractivity contribution in [1.82, 2.24) is 0 Å². The predicted molar refractivity (Wildman–Crippen MR) is 80.6 cm³/mol. The van der Waals surface area contributed by atoms with Gasteiger partial charge in [-0.25, -0.2) is 0 Å². The smallest absolute Gasteiger partial charge is 0.304 e. The lowest BCUT2D eigenvalue weighted by Gasteiger charge is -2.44. The zero-order chi connectivity index (χ0) is 17.1. The Bertz CT molecular complexity index is 588. The van der Waals surface area contributed by atoms with Gasteiger partial charge in [-0.3, -0.25) is 9.59 Å². The summed E-state index contributed by atoms with van der Waals surface area (Å²) in [6.07, 6.45) is -2.65. The van der Waals surface area contributed by atoms with E-state index in [1.54, 1.807) is 0 Å². The van der Waals surface area contributed by atoms with Gasteiger partial charge in [-0.2, -0.15) is 0 Å². The fourth-order valence-corrected chi connectivity index (χ4v) is 2.94. The molecular weight excluding hydrogens is 316 g/mol. The van der Waals surface area contributed by atoms with E-state index in [-0.39, 0.29) is 13.0 Å². The van der Waals surface area contributed by atoms with E-state index < -0.39 is 42.8 Å². The highest BCUT2D eigenvalue weighted by Crippen LogP contribution is 2.35. The van der Waals surface area contributed by atoms with E-state index in [0.29, 0.717) is 0 Å². The van der Waals surface area contributed by atoms with Crippen LogP contribution >= 0.6 is 0 Å². The van der Waals surface area contributed by atoms with Crippen LogP contribution in [0.4, 0.5) is 0 Å². The molecule has 1 aromatic carbocycles. The summed E-state index contributed by atoms with van der Waals surface area (Å²) in [5, 5.41) is 0. The third-order valence-corrected chi connectivity index (χ3v) is 3.86. The Kier molecular flexibility index (Phi) is 5.13. The molecule has 2 aliphatic heterocycles. The van der Waals surface area contributed by atoms with Crippen molar-refractivity contribution < 1.29 is 33.3 Å².